The van der Waals surface area contributed by atoms with Crippen molar-refractivity contribution < 1.29 is 22.7 Å². The second kappa shape index (κ2) is 12.9. The Morgan fingerprint density at radius 3 is 2.14 bits per heavy atom. The molecule has 0 saturated carbocycles. The van der Waals surface area contributed by atoms with E-state index in [2.05, 4.69) is 5.32 Å². The number of amides is 2. The molecule has 0 aliphatic rings. The van der Waals surface area contributed by atoms with E-state index in [1.54, 1.807) is 39.0 Å². The fourth-order valence-corrected chi connectivity index (χ4v) is 5.19. The predicted octanol–water partition coefficient (Wildman–Crippen LogP) is 4.75. The molecule has 2 rings (SSSR count). The molecule has 0 aromatic heterocycles. The Bertz CT molecular complexity index is 1190. The minimum Gasteiger partial charge on any atom is -0.495 e. The standard InChI is InChI=1S/C24H30Cl3N3O5S/c1-6-21(24(32)28-15(2)3)29(13-17-18(25)8-7-9-19(17)26)23(31)14-30(36(5,33)34)16-10-11-22(35-4)20(27)12-16/h7-12,15,21H,6,13-14H2,1-5H3,(H,28,32). The Kier molecular flexibility index (Phi) is 10.7. The molecular formula is C24H30Cl3N3O5S. The lowest BCUT2D eigenvalue weighted by molar-refractivity contribution is -0.140. The van der Waals surface area contributed by atoms with Crippen LogP contribution in [0.4, 0.5) is 5.69 Å². The summed E-state index contributed by atoms with van der Waals surface area (Å²) in [5, 5.41) is 3.64. The van der Waals surface area contributed by atoms with Gasteiger partial charge in [0.15, 0.2) is 0 Å². The van der Waals surface area contributed by atoms with E-state index in [0.717, 1.165) is 10.6 Å². The Balaban J connectivity index is 2.53. The zero-order chi connectivity index (χ0) is 27.2. The van der Waals surface area contributed by atoms with Gasteiger partial charge in [-0.05, 0) is 50.6 Å². The van der Waals surface area contributed by atoms with Crippen molar-refractivity contribution in [2.75, 3.05) is 24.2 Å². The number of benzene rings is 2. The molecule has 1 atom stereocenters. The van der Waals surface area contributed by atoms with Gasteiger partial charge in [-0.25, -0.2) is 8.42 Å². The number of anilines is 1. The number of rotatable bonds is 11. The second-order valence-electron chi connectivity index (χ2n) is 8.40. The third-order valence-corrected chi connectivity index (χ3v) is 7.45. The van der Waals surface area contributed by atoms with Crippen LogP contribution in [0.5, 0.6) is 5.75 Å². The van der Waals surface area contributed by atoms with E-state index in [0.29, 0.717) is 21.4 Å². The third kappa shape index (κ3) is 7.65. The number of hydrogen-bond acceptors (Lipinski definition) is 5. The molecule has 0 saturated heterocycles. The molecule has 1 N–H and O–H groups in total. The molecule has 2 aromatic carbocycles. The number of halogens is 3. The number of carbonyl (C=O) groups is 2. The molecule has 8 nitrogen and oxygen atoms in total. The highest BCUT2D eigenvalue weighted by Crippen LogP contribution is 2.31. The van der Waals surface area contributed by atoms with Gasteiger partial charge in [0.05, 0.1) is 24.1 Å². The molecule has 198 valence electrons. The lowest BCUT2D eigenvalue weighted by Gasteiger charge is -2.33. The lowest BCUT2D eigenvalue weighted by atomic mass is 10.1. The number of carbonyl (C=O) groups excluding carboxylic acids is 2. The van der Waals surface area contributed by atoms with Crippen LogP contribution in [0.1, 0.15) is 32.8 Å². The average molecular weight is 579 g/mol. The maximum atomic E-state index is 13.7. The van der Waals surface area contributed by atoms with Crippen LogP contribution in [-0.2, 0) is 26.2 Å². The number of hydrogen-bond donors (Lipinski definition) is 1. The van der Waals surface area contributed by atoms with Gasteiger partial charge in [-0.2, -0.15) is 0 Å². The Labute approximate surface area is 227 Å². The zero-order valence-corrected chi connectivity index (χ0v) is 23.8. The van der Waals surface area contributed by atoms with Crippen LogP contribution in [0.15, 0.2) is 36.4 Å². The molecule has 0 fully saturated rings. The highest BCUT2D eigenvalue weighted by Gasteiger charge is 2.33. The summed E-state index contributed by atoms with van der Waals surface area (Å²) in [5.74, 6) is -0.636. The molecule has 12 heteroatoms. The van der Waals surface area contributed by atoms with Crippen molar-refractivity contribution in [3.05, 3.63) is 57.0 Å². The molecule has 1 unspecified atom stereocenters. The number of methoxy groups -OCH3 is 1. The summed E-state index contributed by atoms with van der Waals surface area (Å²) in [7, 11) is -2.48. The van der Waals surface area contributed by atoms with Crippen LogP contribution in [-0.4, -0.2) is 57.1 Å². The topological polar surface area (TPSA) is 96.0 Å². The molecule has 0 heterocycles. The van der Waals surface area contributed by atoms with Gasteiger partial charge in [0.25, 0.3) is 0 Å². The lowest BCUT2D eigenvalue weighted by Crippen LogP contribution is -2.53. The maximum Gasteiger partial charge on any atom is 0.244 e. The van der Waals surface area contributed by atoms with Gasteiger partial charge in [0.2, 0.25) is 21.8 Å². The molecule has 2 amide bonds. The summed E-state index contributed by atoms with van der Waals surface area (Å²) in [6.45, 7) is 4.70. The number of nitrogens with zero attached hydrogens (tertiary/aromatic N) is 2. The summed E-state index contributed by atoms with van der Waals surface area (Å²) in [6, 6.07) is 8.25. The molecule has 0 aliphatic heterocycles. The summed E-state index contributed by atoms with van der Waals surface area (Å²) in [5.41, 5.74) is 0.621. The van der Waals surface area contributed by atoms with Gasteiger partial charge in [0, 0.05) is 28.2 Å². The highest BCUT2D eigenvalue weighted by molar-refractivity contribution is 7.92. The summed E-state index contributed by atoms with van der Waals surface area (Å²) < 4.78 is 31.5. The summed E-state index contributed by atoms with van der Waals surface area (Å²) >= 11 is 18.9. The van der Waals surface area contributed by atoms with Gasteiger partial charge in [0.1, 0.15) is 18.3 Å². The third-order valence-electron chi connectivity index (χ3n) is 5.31. The van der Waals surface area contributed by atoms with Gasteiger partial charge in [-0.3, -0.25) is 13.9 Å². The smallest absolute Gasteiger partial charge is 0.244 e. The van der Waals surface area contributed by atoms with Gasteiger partial charge >= 0.3 is 0 Å². The van der Waals surface area contributed by atoms with Crippen LogP contribution in [0.2, 0.25) is 15.1 Å². The van der Waals surface area contributed by atoms with Crippen molar-refractivity contribution in [1.29, 1.82) is 0 Å². The number of sulfonamides is 1. The molecule has 0 spiro atoms. The van der Waals surface area contributed by atoms with E-state index in [1.165, 1.54) is 30.2 Å². The average Bonchev–Trinajstić information content (AvgIpc) is 2.77. The van der Waals surface area contributed by atoms with Crippen molar-refractivity contribution in [3.8, 4) is 5.75 Å². The van der Waals surface area contributed by atoms with Crippen molar-refractivity contribution in [1.82, 2.24) is 10.2 Å². The first-order valence-electron chi connectivity index (χ1n) is 11.1. The van der Waals surface area contributed by atoms with Crippen molar-refractivity contribution in [2.24, 2.45) is 0 Å². The first kappa shape index (κ1) is 30.0. The monoisotopic (exact) mass is 577 g/mol. The van der Waals surface area contributed by atoms with Crippen molar-refractivity contribution in [3.63, 3.8) is 0 Å². The summed E-state index contributed by atoms with van der Waals surface area (Å²) in [4.78, 5) is 28.0. The highest BCUT2D eigenvalue weighted by atomic mass is 35.5. The van der Waals surface area contributed by atoms with Gasteiger partial charge in [-0.15, -0.1) is 0 Å². The van der Waals surface area contributed by atoms with Crippen molar-refractivity contribution in [2.45, 2.75) is 45.8 Å². The minimum absolute atomic E-state index is 0.0949. The largest absolute Gasteiger partial charge is 0.495 e. The van der Waals surface area contributed by atoms with Crippen LogP contribution in [0, 0.1) is 0 Å². The quantitative estimate of drug-likeness (QED) is 0.415. The maximum absolute atomic E-state index is 13.7. The van der Waals surface area contributed by atoms with E-state index >= 15 is 0 Å². The fourth-order valence-electron chi connectivity index (χ4n) is 3.58. The minimum atomic E-state index is -3.91. The summed E-state index contributed by atoms with van der Waals surface area (Å²) in [6.07, 6.45) is 1.26. The Morgan fingerprint density at radius 1 is 1.06 bits per heavy atom. The van der Waals surface area contributed by atoms with Crippen molar-refractivity contribution >= 4 is 62.3 Å². The van der Waals surface area contributed by atoms with Gasteiger partial charge in [-0.1, -0.05) is 47.8 Å². The molecule has 36 heavy (non-hydrogen) atoms. The second-order valence-corrected chi connectivity index (χ2v) is 11.5. The van der Waals surface area contributed by atoms with E-state index in [-0.39, 0.29) is 35.6 Å². The van der Waals surface area contributed by atoms with E-state index in [4.69, 9.17) is 39.5 Å². The van der Waals surface area contributed by atoms with Crippen LogP contribution >= 0.6 is 34.8 Å². The molecule has 0 bridgehead atoms. The molecule has 2 aromatic rings. The first-order chi connectivity index (χ1) is 16.8. The predicted molar refractivity (Wildman–Crippen MR) is 145 cm³/mol. The van der Waals surface area contributed by atoms with Crippen LogP contribution in [0.3, 0.4) is 0 Å². The molecule has 0 radical (unpaired) electrons. The van der Waals surface area contributed by atoms with Crippen LogP contribution < -0.4 is 14.4 Å². The Hall–Kier alpha value is -2.20. The first-order valence-corrected chi connectivity index (χ1v) is 14.1. The SMILES string of the molecule is CCC(C(=O)NC(C)C)N(Cc1c(Cl)cccc1Cl)C(=O)CN(c1ccc(OC)c(Cl)c1)S(C)(=O)=O. The van der Waals surface area contributed by atoms with Gasteiger partial charge < -0.3 is 15.0 Å². The molecular weight excluding hydrogens is 549 g/mol. The van der Waals surface area contributed by atoms with E-state index < -0.39 is 28.5 Å². The van der Waals surface area contributed by atoms with Crippen LogP contribution in [0.25, 0.3) is 0 Å². The van der Waals surface area contributed by atoms with E-state index in [9.17, 15) is 18.0 Å². The van der Waals surface area contributed by atoms with E-state index in [1.807, 2.05) is 0 Å². The zero-order valence-electron chi connectivity index (χ0n) is 20.7. The number of ether oxygens (including phenoxy) is 1. The normalized spacial score (nSPS) is 12.2. The number of nitrogens with one attached hydrogen (secondary N) is 1. The fraction of sp³-hybridized carbons (Fsp3) is 0.417. The molecule has 0 aliphatic carbocycles. The Morgan fingerprint density at radius 2 is 1.67 bits per heavy atom.